The van der Waals surface area contributed by atoms with Crippen molar-refractivity contribution in [1.29, 1.82) is 5.41 Å². The van der Waals surface area contributed by atoms with Gasteiger partial charge in [0.15, 0.2) is 0 Å². The Balaban J connectivity index is 2.79. The van der Waals surface area contributed by atoms with Crippen molar-refractivity contribution in [2.24, 2.45) is 5.73 Å². The summed E-state index contributed by atoms with van der Waals surface area (Å²) in [6.07, 6.45) is 0. The third-order valence-corrected chi connectivity index (χ3v) is 3.12. The molecule has 0 saturated carbocycles. The SMILES string of the molecule is Cc1cc2cc(F)c(Br)cc2cc1C(=N)N. The van der Waals surface area contributed by atoms with Gasteiger partial charge in [-0.05, 0) is 57.4 Å². The van der Waals surface area contributed by atoms with E-state index in [1.807, 2.05) is 13.0 Å². The van der Waals surface area contributed by atoms with Gasteiger partial charge in [-0.25, -0.2) is 4.39 Å². The number of aryl methyl sites for hydroxylation is 1. The molecule has 2 aromatic rings. The molecular weight excluding hydrogens is 271 g/mol. The second kappa shape index (κ2) is 3.87. The van der Waals surface area contributed by atoms with E-state index >= 15 is 0 Å². The molecule has 0 aliphatic carbocycles. The molecule has 0 saturated heterocycles. The zero-order chi connectivity index (χ0) is 11.9. The topological polar surface area (TPSA) is 49.9 Å². The smallest absolute Gasteiger partial charge is 0.138 e. The van der Waals surface area contributed by atoms with E-state index in [1.165, 1.54) is 6.07 Å². The van der Waals surface area contributed by atoms with Crippen molar-refractivity contribution in [1.82, 2.24) is 0 Å². The lowest BCUT2D eigenvalue weighted by Gasteiger charge is -2.07. The quantitative estimate of drug-likeness (QED) is 0.611. The Hall–Kier alpha value is -1.42. The highest BCUT2D eigenvalue weighted by Crippen LogP contribution is 2.25. The molecule has 0 bridgehead atoms. The van der Waals surface area contributed by atoms with Crippen LogP contribution in [-0.4, -0.2) is 5.84 Å². The highest BCUT2D eigenvalue weighted by Gasteiger charge is 2.07. The molecule has 82 valence electrons. The molecule has 0 spiro atoms. The first-order valence-corrected chi connectivity index (χ1v) is 5.52. The van der Waals surface area contributed by atoms with Crippen LogP contribution in [0, 0.1) is 18.2 Å². The van der Waals surface area contributed by atoms with Gasteiger partial charge in [0, 0.05) is 5.56 Å². The van der Waals surface area contributed by atoms with Crippen LogP contribution in [0.5, 0.6) is 0 Å². The first-order chi connectivity index (χ1) is 7.49. The van der Waals surface area contributed by atoms with Crippen LogP contribution in [-0.2, 0) is 0 Å². The summed E-state index contributed by atoms with van der Waals surface area (Å²) in [7, 11) is 0. The van der Waals surface area contributed by atoms with Crippen LogP contribution in [0.1, 0.15) is 11.1 Å². The summed E-state index contributed by atoms with van der Waals surface area (Å²) in [5.74, 6) is -0.262. The Labute approximate surface area is 101 Å². The Morgan fingerprint density at radius 3 is 2.50 bits per heavy atom. The minimum Gasteiger partial charge on any atom is -0.384 e. The summed E-state index contributed by atoms with van der Waals surface area (Å²) in [6.45, 7) is 1.86. The van der Waals surface area contributed by atoms with Gasteiger partial charge in [0.1, 0.15) is 11.7 Å². The van der Waals surface area contributed by atoms with Crippen LogP contribution in [0.3, 0.4) is 0 Å². The maximum atomic E-state index is 13.3. The molecule has 2 nitrogen and oxygen atoms in total. The molecule has 0 heterocycles. The average molecular weight is 281 g/mol. The minimum atomic E-state index is -0.289. The third kappa shape index (κ3) is 1.80. The minimum absolute atomic E-state index is 0.0276. The summed E-state index contributed by atoms with van der Waals surface area (Å²) in [6, 6.07) is 6.80. The van der Waals surface area contributed by atoms with Crippen molar-refractivity contribution in [3.05, 3.63) is 45.7 Å². The zero-order valence-corrected chi connectivity index (χ0v) is 10.2. The number of halogens is 2. The van der Waals surface area contributed by atoms with Crippen LogP contribution in [0.25, 0.3) is 10.8 Å². The molecule has 0 aliphatic rings. The fraction of sp³-hybridized carbons (Fsp3) is 0.0833. The molecule has 0 atom stereocenters. The number of nitrogen functional groups attached to an aromatic ring is 1. The molecule has 0 amide bonds. The fourth-order valence-corrected chi connectivity index (χ4v) is 2.06. The number of benzene rings is 2. The van der Waals surface area contributed by atoms with Crippen LogP contribution < -0.4 is 5.73 Å². The molecule has 16 heavy (non-hydrogen) atoms. The number of hydrogen-bond donors (Lipinski definition) is 2. The van der Waals surface area contributed by atoms with E-state index in [-0.39, 0.29) is 11.7 Å². The van der Waals surface area contributed by atoms with Crippen molar-refractivity contribution in [3.63, 3.8) is 0 Å². The van der Waals surface area contributed by atoms with E-state index < -0.39 is 0 Å². The van der Waals surface area contributed by atoms with E-state index in [0.29, 0.717) is 10.0 Å². The predicted octanol–water partition coefficient (Wildman–Crippen LogP) is 3.33. The van der Waals surface area contributed by atoms with E-state index in [4.69, 9.17) is 11.1 Å². The highest BCUT2D eigenvalue weighted by atomic mass is 79.9. The maximum Gasteiger partial charge on any atom is 0.138 e. The summed E-state index contributed by atoms with van der Waals surface area (Å²) in [4.78, 5) is 0. The zero-order valence-electron chi connectivity index (χ0n) is 8.64. The number of amidine groups is 1. The second-order valence-corrected chi connectivity index (χ2v) is 4.55. The Morgan fingerprint density at radius 1 is 1.25 bits per heavy atom. The van der Waals surface area contributed by atoms with Crippen molar-refractivity contribution in [2.45, 2.75) is 6.92 Å². The summed E-state index contributed by atoms with van der Waals surface area (Å²) < 4.78 is 13.7. The molecule has 2 rings (SSSR count). The maximum absolute atomic E-state index is 13.3. The van der Waals surface area contributed by atoms with E-state index in [2.05, 4.69) is 15.9 Å². The molecule has 2 aromatic carbocycles. The number of rotatable bonds is 1. The van der Waals surface area contributed by atoms with Gasteiger partial charge in [0.2, 0.25) is 0 Å². The molecule has 0 aromatic heterocycles. The van der Waals surface area contributed by atoms with Crippen LogP contribution in [0.15, 0.2) is 28.7 Å². The van der Waals surface area contributed by atoms with Crippen LogP contribution in [0.4, 0.5) is 4.39 Å². The van der Waals surface area contributed by atoms with Crippen molar-refractivity contribution < 1.29 is 4.39 Å². The molecule has 0 aliphatic heterocycles. The molecule has 0 fully saturated rings. The van der Waals surface area contributed by atoms with Crippen molar-refractivity contribution in [3.8, 4) is 0 Å². The number of hydrogen-bond acceptors (Lipinski definition) is 1. The van der Waals surface area contributed by atoms with Gasteiger partial charge in [-0.1, -0.05) is 6.07 Å². The van der Waals surface area contributed by atoms with Gasteiger partial charge < -0.3 is 5.73 Å². The molecular formula is C12H10BrFN2. The highest BCUT2D eigenvalue weighted by molar-refractivity contribution is 9.10. The second-order valence-electron chi connectivity index (χ2n) is 3.69. The van der Waals surface area contributed by atoms with Gasteiger partial charge in [0.05, 0.1) is 4.47 Å². The fourth-order valence-electron chi connectivity index (χ4n) is 1.70. The Bertz CT molecular complexity index is 593. The number of nitrogens with two attached hydrogens (primary N) is 1. The summed E-state index contributed by atoms with van der Waals surface area (Å²) in [5.41, 5.74) is 7.03. The molecule has 0 radical (unpaired) electrons. The number of nitrogens with one attached hydrogen (secondary N) is 1. The van der Waals surface area contributed by atoms with Gasteiger partial charge in [-0.3, -0.25) is 5.41 Å². The van der Waals surface area contributed by atoms with Crippen molar-refractivity contribution >= 4 is 32.5 Å². The molecule has 4 heteroatoms. The Morgan fingerprint density at radius 2 is 1.88 bits per heavy atom. The monoisotopic (exact) mass is 280 g/mol. The summed E-state index contributed by atoms with van der Waals surface area (Å²) in [5, 5.41) is 9.11. The standard InChI is InChI=1S/C12H10BrFN2/c1-6-2-7-5-11(14)10(13)4-8(7)3-9(6)12(15)16/h2-5H,1H3,(H3,15,16). The normalized spacial score (nSPS) is 10.7. The van der Waals surface area contributed by atoms with Gasteiger partial charge in [-0.2, -0.15) is 0 Å². The van der Waals surface area contributed by atoms with E-state index in [0.717, 1.165) is 16.3 Å². The van der Waals surface area contributed by atoms with Gasteiger partial charge in [0.25, 0.3) is 0 Å². The van der Waals surface area contributed by atoms with Crippen molar-refractivity contribution in [2.75, 3.05) is 0 Å². The number of fused-ring (bicyclic) bond motifs is 1. The first-order valence-electron chi connectivity index (χ1n) is 4.73. The largest absolute Gasteiger partial charge is 0.384 e. The lowest BCUT2D eigenvalue weighted by molar-refractivity contribution is 0.623. The third-order valence-electron chi connectivity index (χ3n) is 2.51. The predicted molar refractivity (Wildman–Crippen MR) is 67.4 cm³/mol. The lowest BCUT2D eigenvalue weighted by atomic mass is 10.0. The molecule has 0 unspecified atom stereocenters. The first kappa shape index (κ1) is 11.1. The lowest BCUT2D eigenvalue weighted by Crippen LogP contribution is -2.12. The van der Waals surface area contributed by atoms with Crippen LogP contribution in [0.2, 0.25) is 0 Å². The Kier molecular flexibility index (Phi) is 2.68. The average Bonchev–Trinajstić information content (AvgIpc) is 2.19. The molecule has 3 N–H and O–H groups in total. The van der Waals surface area contributed by atoms with Crippen LogP contribution >= 0.6 is 15.9 Å². The van der Waals surface area contributed by atoms with Gasteiger partial charge >= 0.3 is 0 Å². The van der Waals surface area contributed by atoms with E-state index in [9.17, 15) is 4.39 Å². The summed E-state index contributed by atoms with van der Waals surface area (Å²) >= 11 is 3.14. The van der Waals surface area contributed by atoms with E-state index in [1.54, 1.807) is 12.1 Å². The van der Waals surface area contributed by atoms with Gasteiger partial charge in [-0.15, -0.1) is 0 Å².